The Morgan fingerprint density at radius 3 is 2.61 bits per heavy atom. The molecular weight excluding hydrogens is 304 g/mol. The Balaban J connectivity index is 1.76. The number of hydrogen-bond acceptors (Lipinski definition) is 7. The van der Waals surface area contributed by atoms with Crippen LogP contribution in [-0.4, -0.2) is 44.1 Å². The normalized spacial score (nSPS) is 11.3. The minimum Gasteiger partial charge on any atom is -0.451 e. The highest BCUT2D eigenvalue weighted by Gasteiger charge is 2.19. The van der Waals surface area contributed by atoms with E-state index in [4.69, 9.17) is 4.74 Å². The zero-order valence-electron chi connectivity index (χ0n) is 12.2. The second-order valence-electron chi connectivity index (χ2n) is 4.45. The van der Waals surface area contributed by atoms with E-state index in [9.17, 15) is 14.4 Å². The molecule has 0 unspecified atom stereocenters. The number of nitrogens with zero attached hydrogens (tertiary/aromatic N) is 4. The van der Waals surface area contributed by atoms with Crippen LogP contribution in [0.25, 0.3) is 0 Å². The molecular formula is C13H14N6O4. The SMILES string of the molecule is C[C@H](OC(=O)Cn1cnnn1)C(=O)NNC(=O)c1ccccc1. The molecule has 2 rings (SSSR count). The fourth-order valence-corrected chi connectivity index (χ4v) is 1.55. The molecule has 2 N–H and O–H groups in total. The number of ether oxygens (including phenoxy) is 1. The first kappa shape index (κ1) is 16.1. The number of esters is 1. The van der Waals surface area contributed by atoms with Gasteiger partial charge in [-0.3, -0.25) is 25.2 Å². The van der Waals surface area contributed by atoms with E-state index in [1.54, 1.807) is 30.3 Å². The van der Waals surface area contributed by atoms with Crippen LogP contribution in [0.4, 0.5) is 0 Å². The number of carbonyl (C=O) groups is 3. The molecule has 23 heavy (non-hydrogen) atoms. The Bertz CT molecular complexity index is 673. The van der Waals surface area contributed by atoms with Gasteiger partial charge >= 0.3 is 5.97 Å². The number of rotatable bonds is 5. The maximum Gasteiger partial charge on any atom is 0.328 e. The first-order valence-corrected chi connectivity index (χ1v) is 6.62. The molecule has 1 aromatic heterocycles. The van der Waals surface area contributed by atoms with Crippen LogP contribution in [-0.2, 0) is 20.9 Å². The number of benzene rings is 1. The molecule has 2 aromatic rings. The Hall–Kier alpha value is -3.30. The van der Waals surface area contributed by atoms with E-state index in [-0.39, 0.29) is 6.54 Å². The van der Waals surface area contributed by atoms with Gasteiger partial charge in [-0.15, -0.1) is 5.10 Å². The average molecular weight is 318 g/mol. The Morgan fingerprint density at radius 2 is 1.96 bits per heavy atom. The summed E-state index contributed by atoms with van der Waals surface area (Å²) in [5, 5.41) is 10.2. The summed E-state index contributed by atoms with van der Waals surface area (Å²) < 4.78 is 6.06. The lowest BCUT2D eigenvalue weighted by atomic mass is 10.2. The molecule has 0 saturated carbocycles. The topological polar surface area (TPSA) is 128 Å². The molecule has 0 aliphatic heterocycles. The largest absolute Gasteiger partial charge is 0.451 e. The third-order valence-electron chi connectivity index (χ3n) is 2.70. The Labute approximate surface area is 130 Å². The number of amides is 2. The van der Waals surface area contributed by atoms with Crippen LogP contribution in [0.2, 0.25) is 0 Å². The van der Waals surface area contributed by atoms with Crippen LogP contribution in [0.3, 0.4) is 0 Å². The molecule has 0 aliphatic rings. The van der Waals surface area contributed by atoms with Crippen LogP contribution in [0, 0.1) is 0 Å². The average Bonchev–Trinajstić information content (AvgIpc) is 3.05. The summed E-state index contributed by atoms with van der Waals surface area (Å²) in [5.74, 6) is -1.83. The summed E-state index contributed by atoms with van der Waals surface area (Å²) in [5.41, 5.74) is 4.80. The van der Waals surface area contributed by atoms with E-state index < -0.39 is 23.9 Å². The van der Waals surface area contributed by atoms with Gasteiger partial charge in [-0.1, -0.05) is 18.2 Å². The van der Waals surface area contributed by atoms with Crippen molar-refractivity contribution in [2.24, 2.45) is 0 Å². The Morgan fingerprint density at radius 1 is 1.22 bits per heavy atom. The molecule has 0 saturated heterocycles. The fourth-order valence-electron chi connectivity index (χ4n) is 1.55. The fraction of sp³-hybridized carbons (Fsp3) is 0.231. The number of aromatic nitrogens is 4. The van der Waals surface area contributed by atoms with Crippen molar-refractivity contribution in [3.05, 3.63) is 42.2 Å². The minimum absolute atomic E-state index is 0.221. The zero-order chi connectivity index (χ0) is 16.7. The summed E-state index contributed by atoms with van der Waals surface area (Å²) in [6.45, 7) is 1.16. The predicted molar refractivity (Wildman–Crippen MR) is 75.4 cm³/mol. The molecule has 0 aliphatic carbocycles. The van der Waals surface area contributed by atoms with Gasteiger partial charge in [-0.2, -0.15) is 0 Å². The third kappa shape index (κ3) is 4.88. The summed E-state index contributed by atoms with van der Waals surface area (Å²) in [7, 11) is 0. The highest BCUT2D eigenvalue weighted by molar-refractivity contribution is 5.95. The lowest BCUT2D eigenvalue weighted by Crippen LogP contribution is -2.46. The smallest absolute Gasteiger partial charge is 0.328 e. The van der Waals surface area contributed by atoms with Gasteiger partial charge < -0.3 is 4.74 Å². The summed E-state index contributed by atoms with van der Waals surface area (Å²) in [6.07, 6.45) is 0.154. The highest BCUT2D eigenvalue weighted by atomic mass is 16.5. The van der Waals surface area contributed by atoms with Crippen molar-refractivity contribution in [2.75, 3.05) is 0 Å². The van der Waals surface area contributed by atoms with E-state index >= 15 is 0 Å². The van der Waals surface area contributed by atoms with Crippen molar-refractivity contribution < 1.29 is 19.1 Å². The molecule has 0 bridgehead atoms. The summed E-state index contributed by atoms with van der Waals surface area (Å²) in [6, 6.07) is 8.34. The number of nitrogens with one attached hydrogen (secondary N) is 2. The van der Waals surface area contributed by atoms with Crippen LogP contribution >= 0.6 is 0 Å². The van der Waals surface area contributed by atoms with Gasteiger partial charge in [0.2, 0.25) is 0 Å². The van der Waals surface area contributed by atoms with E-state index in [0.717, 1.165) is 4.68 Å². The first-order valence-electron chi connectivity index (χ1n) is 6.62. The molecule has 10 heteroatoms. The molecule has 1 aromatic carbocycles. The predicted octanol–water partition coefficient (Wildman–Crippen LogP) is -0.934. The van der Waals surface area contributed by atoms with Gasteiger partial charge in [0, 0.05) is 5.56 Å². The van der Waals surface area contributed by atoms with Crippen LogP contribution in [0.5, 0.6) is 0 Å². The van der Waals surface area contributed by atoms with Crippen molar-refractivity contribution in [1.82, 2.24) is 31.1 Å². The third-order valence-corrected chi connectivity index (χ3v) is 2.70. The number of carbonyl (C=O) groups excluding carboxylic acids is 3. The van der Waals surface area contributed by atoms with E-state index in [1.807, 2.05) is 0 Å². The van der Waals surface area contributed by atoms with Gasteiger partial charge in [-0.25, -0.2) is 4.68 Å². The quantitative estimate of drug-likeness (QED) is 0.538. The number of hydrogen-bond donors (Lipinski definition) is 2. The first-order chi connectivity index (χ1) is 11.1. The monoisotopic (exact) mass is 318 g/mol. The van der Waals surface area contributed by atoms with Crippen molar-refractivity contribution in [3.63, 3.8) is 0 Å². The van der Waals surface area contributed by atoms with Crippen molar-refractivity contribution in [1.29, 1.82) is 0 Å². The Kier molecular flexibility index (Phi) is 5.34. The van der Waals surface area contributed by atoms with E-state index in [1.165, 1.54) is 13.3 Å². The number of tetrazole rings is 1. The van der Waals surface area contributed by atoms with Crippen molar-refractivity contribution >= 4 is 17.8 Å². The van der Waals surface area contributed by atoms with Crippen molar-refractivity contribution in [3.8, 4) is 0 Å². The van der Waals surface area contributed by atoms with Gasteiger partial charge in [0.1, 0.15) is 12.9 Å². The maximum atomic E-state index is 11.8. The molecule has 1 heterocycles. The highest BCUT2D eigenvalue weighted by Crippen LogP contribution is 1.97. The van der Waals surface area contributed by atoms with E-state index in [0.29, 0.717) is 5.56 Å². The molecule has 120 valence electrons. The molecule has 1 atom stereocenters. The molecule has 2 amide bonds. The molecule has 0 fully saturated rings. The second kappa shape index (κ2) is 7.64. The minimum atomic E-state index is -1.09. The summed E-state index contributed by atoms with van der Waals surface area (Å²) >= 11 is 0. The molecule has 0 spiro atoms. The van der Waals surface area contributed by atoms with Gasteiger partial charge in [0.25, 0.3) is 11.8 Å². The number of hydrazine groups is 1. The zero-order valence-corrected chi connectivity index (χ0v) is 12.2. The summed E-state index contributed by atoms with van der Waals surface area (Å²) in [4.78, 5) is 35.1. The van der Waals surface area contributed by atoms with Crippen LogP contribution < -0.4 is 10.9 Å². The molecule has 10 nitrogen and oxygen atoms in total. The second-order valence-corrected chi connectivity index (χ2v) is 4.45. The van der Waals surface area contributed by atoms with Gasteiger partial charge in [-0.05, 0) is 29.5 Å². The standard InChI is InChI=1S/C13H14N6O4/c1-9(23-11(20)7-19-8-14-17-18-19)12(21)15-16-13(22)10-5-3-2-4-6-10/h2-6,8-9H,7H2,1H3,(H,15,21)(H,16,22)/t9-/m0/s1. The van der Waals surface area contributed by atoms with E-state index in [2.05, 4.69) is 26.4 Å². The van der Waals surface area contributed by atoms with Crippen LogP contribution in [0.15, 0.2) is 36.7 Å². The molecule has 0 radical (unpaired) electrons. The maximum absolute atomic E-state index is 11.8. The van der Waals surface area contributed by atoms with Crippen molar-refractivity contribution in [2.45, 2.75) is 19.6 Å². The van der Waals surface area contributed by atoms with Crippen LogP contribution in [0.1, 0.15) is 17.3 Å². The lowest BCUT2D eigenvalue weighted by molar-refractivity contribution is -0.155. The lowest BCUT2D eigenvalue weighted by Gasteiger charge is -2.13. The van der Waals surface area contributed by atoms with Gasteiger partial charge in [0.15, 0.2) is 6.10 Å². The van der Waals surface area contributed by atoms with Gasteiger partial charge in [0.05, 0.1) is 0 Å².